The number of ether oxygens (including phenoxy) is 2. The van der Waals surface area contributed by atoms with E-state index in [1.54, 1.807) is 12.1 Å². The number of hydrogen-bond acceptors (Lipinski definition) is 5. The van der Waals surface area contributed by atoms with Crippen LogP contribution in [0.25, 0.3) is 0 Å². The highest BCUT2D eigenvalue weighted by Gasteiger charge is 2.31. The zero-order chi connectivity index (χ0) is 21.4. The van der Waals surface area contributed by atoms with Gasteiger partial charge in [0.1, 0.15) is 6.61 Å². The standard InChI is InChI=1S/C19H16F3N3O4S/c20-19(21,22)13-4-3-5-16(8-13)30(26,27)24-14-9-23-25(10-14)11-15-12-28-17-6-1-2-7-18(17)29-15/h1-10,15,24H,11-12H2/t15-/m0/s1. The van der Waals surface area contributed by atoms with Crippen LogP contribution in [-0.2, 0) is 22.7 Å². The molecule has 0 spiro atoms. The lowest BCUT2D eigenvalue weighted by Crippen LogP contribution is -2.33. The third-order valence-electron chi connectivity index (χ3n) is 4.32. The third-order valence-corrected chi connectivity index (χ3v) is 5.69. The van der Waals surface area contributed by atoms with Crippen molar-refractivity contribution < 1.29 is 31.1 Å². The van der Waals surface area contributed by atoms with E-state index in [0.717, 1.165) is 18.2 Å². The molecule has 0 aliphatic carbocycles. The number of benzene rings is 2. The molecule has 1 atom stereocenters. The van der Waals surface area contributed by atoms with Crippen LogP contribution in [0.4, 0.5) is 18.9 Å². The van der Waals surface area contributed by atoms with Crippen molar-refractivity contribution in [2.75, 3.05) is 11.3 Å². The van der Waals surface area contributed by atoms with Gasteiger partial charge in [-0.25, -0.2) is 8.42 Å². The molecule has 1 aromatic heterocycles. The minimum Gasteiger partial charge on any atom is -0.486 e. The first-order valence-corrected chi connectivity index (χ1v) is 10.3. The number of anilines is 1. The Kier molecular flexibility index (Phi) is 5.06. The van der Waals surface area contributed by atoms with Crippen LogP contribution in [0.3, 0.4) is 0 Å². The number of alkyl halides is 3. The van der Waals surface area contributed by atoms with E-state index in [-0.39, 0.29) is 11.8 Å². The minimum absolute atomic E-state index is 0.115. The number of para-hydroxylation sites is 2. The number of hydrogen-bond donors (Lipinski definition) is 1. The van der Waals surface area contributed by atoms with Crippen molar-refractivity contribution in [2.24, 2.45) is 0 Å². The van der Waals surface area contributed by atoms with Crippen LogP contribution in [0.1, 0.15) is 5.56 Å². The molecule has 11 heteroatoms. The van der Waals surface area contributed by atoms with Gasteiger partial charge >= 0.3 is 6.18 Å². The van der Waals surface area contributed by atoms with E-state index < -0.39 is 26.7 Å². The molecule has 0 radical (unpaired) electrons. The lowest BCUT2D eigenvalue weighted by atomic mass is 10.2. The predicted octanol–water partition coefficient (Wildman–Crippen LogP) is 3.54. The van der Waals surface area contributed by atoms with Gasteiger partial charge in [-0.15, -0.1) is 0 Å². The summed E-state index contributed by atoms with van der Waals surface area (Å²) in [5.41, 5.74) is -0.930. The van der Waals surface area contributed by atoms with Crippen molar-refractivity contribution in [3.05, 3.63) is 66.5 Å². The topological polar surface area (TPSA) is 82.5 Å². The molecule has 0 saturated heterocycles. The Morgan fingerprint density at radius 1 is 1.13 bits per heavy atom. The van der Waals surface area contributed by atoms with Crippen LogP contribution in [0.5, 0.6) is 11.5 Å². The molecule has 1 aliphatic rings. The fraction of sp³-hybridized carbons (Fsp3) is 0.211. The molecule has 30 heavy (non-hydrogen) atoms. The van der Waals surface area contributed by atoms with Crippen LogP contribution in [0.15, 0.2) is 65.8 Å². The van der Waals surface area contributed by atoms with Gasteiger partial charge in [0.2, 0.25) is 0 Å². The van der Waals surface area contributed by atoms with Crippen molar-refractivity contribution in [1.82, 2.24) is 9.78 Å². The van der Waals surface area contributed by atoms with Gasteiger partial charge in [0.15, 0.2) is 17.6 Å². The average molecular weight is 439 g/mol. The van der Waals surface area contributed by atoms with Crippen molar-refractivity contribution in [2.45, 2.75) is 23.7 Å². The van der Waals surface area contributed by atoms with E-state index in [1.807, 2.05) is 12.1 Å². The molecule has 0 bridgehead atoms. The van der Waals surface area contributed by atoms with Gasteiger partial charge in [0.25, 0.3) is 10.0 Å². The smallest absolute Gasteiger partial charge is 0.416 e. The SMILES string of the molecule is O=S(=O)(Nc1cnn(C[C@H]2COc3ccccc3O2)c1)c1cccc(C(F)(F)F)c1. The Balaban J connectivity index is 1.45. The van der Waals surface area contributed by atoms with Crippen molar-refractivity contribution in [3.63, 3.8) is 0 Å². The molecule has 2 heterocycles. The molecule has 0 amide bonds. The molecule has 7 nitrogen and oxygen atoms in total. The molecule has 4 rings (SSSR count). The summed E-state index contributed by atoms with van der Waals surface area (Å²) in [6.07, 6.45) is -2.29. The number of halogens is 3. The molecule has 2 aromatic carbocycles. The van der Waals surface area contributed by atoms with E-state index in [4.69, 9.17) is 9.47 Å². The van der Waals surface area contributed by atoms with E-state index >= 15 is 0 Å². The second-order valence-corrected chi connectivity index (χ2v) is 8.26. The van der Waals surface area contributed by atoms with Crippen molar-refractivity contribution in [1.29, 1.82) is 0 Å². The second-order valence-electron chi connectivity index (χ2n) is 6.58. The van der Waals surface area contributed by atoms with Gasteiger partial charge in [-0.3, -0.25) is 9.40 Å². The van der Waals surface area contributed by atoms with Crippen LogP contribution in [0, 0.1) is 0 Å². The van der Waals surface area contributed by atoms with Gasteiger partial charge in [0, 0.05) is 6.20 Å². The van der Waals surface area contributed by atoms with Gasteiger partial charge in [-0.1, -0.05) is 18.2 Å². The molecule has 0 saturated carbocycles. The molecule has 1 aliphatic heterocycles. The molecule has 1 N–H and O–H groups in total. The van der Waals surface area contributed by atoms with Gasteiger partial charge in [-0.05, 0) is 30.3 Å². The zero-order valence-electron chi connectivity index (χ0n) is 15.3. The molecule has 3 aromatic rings. The summed E-state index contributed by atoms with van der Waals surface area (Å²) in [6.45, 7) is 0.585. The molecular weight excluding hydrogens is 423 g/mol. The summed E-state index contributed by atoms with van der Waals surface area (Å²) in [5, 5.41) is 4.08. The first-order chi connectivity index (χ1) is 14.2. The van der Waals surface area contributed by atoms with E-state index in [9.17, 15) is 21.6 Å². The van der Waals surface area contributed by atoms with E-state index in [0.29, 0.717) is 30.7 Å². The summed E-state index contributed by atoms with van der Waals surface area (Å²) >= 11 is 0. The van der Waals surface area contributed by atoms with E-state index in [1.165, 1.54) is 17.1 Å². The summed E-state index contributed by atoms with van der Waals surface area (Å²) in [5.74, 6) is 1.25. The Morgan fingerprint density at radius 2 is 1.90 bits per heavy atom. The largest absolute Gasteiger partial charge is 0.486 e. The highest BCUT2D eigenvalue weighted by Crippen LogP contribution is 2.32. The van der Waals surface area contributed by atoms with E-state index in [2.05, 4.69) is 9.82 Å². The second kappa shape index (κ2) is 7.56. The number of sulfonamides is 1. The third kappa shape index (κ3) is 4.35. The number of aromatic nitrogens is 2. The number of nitrogens with zero attached hydrogens (tertiary/aromatic N) is 2. The predicted molar refractivity (Wildman–Crippen MR) is 101 cm³/mol. The number of fused-ring (bicyclic) bond motifs is 1. The molecule has 0 unspecified atom stereocenters. The highest BCUT2D eigenvalue weighted by molar-refractivity contribution is 7.92. The summed E-state index contributed by atoms with van der Waals surface area (Å²) in [4.78, 5) is -0.495. The Hall–Kier alpha value is -3.21. The number of rotatable bonds is 5. The lowest BCUT2D eigenvalue weighted by Gasteiger charge is -2.26. The molecular formula is C19H16F3N3O4S. The maximum atomic E-state index is 12.9. The van der Waals surface area contributed by atoms with Crippen LogP contribution < -0.4 is 14.2 Å². The maximum Gasteiger partial charge on any atom is 0.416 e. The van der Waals surface area contributed by atoms with Crippen LogP contribution >= 0.6 is 0 Å². The fourth-order valence-electron chi connectivity index (χ4n) is 2.93. The fourth-order valence-corrected chi connectivity index (χ4v) is 4.00. The first kappa shape index (κ1) is 20.1. The van der Waals surface area contributed by atoms with Gasteiger partial charge in [0.05, 0.1) is 28.9 Å². The Morgan fingerprint density at radius 3 is 2.67 bits per heavy atom. The van der Waals surface area contributed by atoms with Crippen molar-refractivity contribution in [3.8, 4) is 11.5 Å². The zero-order valence-corrected chi connectivity index (χ0v) is 16.2. The first-order valence-electron chi connectivity index (χ1n) is 8.82. The van der Waals surface area contributed by atoms with Crippen LogP contribution in [-0.4, -0.2) is 30.9 Å². The Bertz CT molecular complexity index is 1160. The quantitative estimate of drug-likeness (QED) is 0.658. The average Bonchev–Trinajstić information content (AvgIpc) is 3.13. The molecule has 158 valence electrons. The highest BCUT2D eigenvalue weighted by atomic mass is 32.2. The minimum atomic E-state index is -4.64. The summed E-state index contributed by atoms with van der Waals surface area (Å²) < 4.78 is 78.6. The summed E-state index contributed by atoms with van der Waals surface area (Å²) in [7, 11) is -4.22. The van der Waals surface area contributed by atoms with Crippen molar-refractivity contribution >= 4 is 15.7 Å². The normalized spacial score (nSPS) is 16.3. The van der Waals surface area contributed by atoms with Gasteiger partial charge in [-0.2, -0.15) is 18.3 Å². The summed E-state index contributed by atoms with van der Waals surface area (Å²) in [6, 6.07) is 10.7. The molecule has 0 fully saturated rings. The Labute approximate surface area is 170 Å². The lowest BCUT2D eigenvalue weighted by molar-refractivity contribution is -0.137. The number of nitrogens with one attached hydrogen (secondary N) is 1. The maximum absolute atomic E-state index is 12.9. The monoisotopic (exact) mass is 439 g/mol. The van der Waals surface area contributed by atoms with Gasteiger partial charge < -0.3 is 9.47 Å². The van der Waals surface area contributed by atoms with Crippen LogP contribution in [0.2, 0.25) is 0 Å².